The molecule has 1 rings (SSSR count). The fourth-order valence-corrected chi connectivity index (χ4v) is 2.41. The highest BCUT2D eigenvalue weighted by Crippen LogP contribution is 2.20. The molecule has 1 aliphatic rings. The van der Waals surface area contributed by atoms with E-state index in [1.54, 1.807) is 0 Å². The molecule has 4 nitrogen and oxygen atoms in total. The molecule has 1 unspecified atom stereocenters. The average molecular weight is 243 g/mol. The van der Waals surface area contributed by atoms with Gasteiger partial charge in [-0.3, -0.25) is 10.1 Å². The van der Waals surface area contributed by atoms with Gasteiger partial charge in [0.2, 0.25) is 0 Å². The van der Waals surface area contributed by atoms with Gasteiger partial charge in [0.1, 0.15) is 6.04 Å². The summed E-state index contributed by atoms with van der Waals surface area (Å²) in [5.74, 6) is 0.198. The molecule has 0 amide bonds. The number of esters is 1. The maximum atomic E-state index is 11.7. The predicted octanol–water partition coefficient (Wildman–Crippen LogP) is 1.47. The highest BCUT2D eigenvalue weighted by molar-refractivity contribution is 5.75. The molecular formula is C13H25NO3. The van der Waals surface area contributed by atoms with Gasteiger partial charge < -0.3 is 9.84 Å². The summed E-state index contributed by atoms with van der Waals surface area (Å²) < 4.78 is 4.81. The van der Waals surface area contributed by atoms with Gasteiger partial charge in [-0.1, -0.05) is 26.7 Å². The number of rotatable bonds is 5. The number of nitrogens with one attached hydrogen (secondary N) is 1. The van der Waals surface area contributed by atoms with E-state index in [2.05, 4.69) is 19.2 Å². The van der Waals surface area contributed by atoms with Gasteiger partial charge in [-0.2, -0.15) is 0 Å². The summed E-state index contributed by atoms with van der Waals surface area (Å²) in [7, 11) is 1.41. The molecule has 1 saturated carbocycles. The second kappa shape index (κ2) is 6.97. The smallest absolute Gasteiger partial charge is 0.322 e. The van der Waals surface area contributed by atoms with Gasteiger partial charge >= 0.3 is 5.97 Å². The van der Waals surface area contributed by atoms with Crippen LogP contribution in [0.2, 0.25) is 0 Å². The van der Waals surface area contributed by atoms with Crippen LogP contribution < -0.4 is 5.32 Å². The Kier molecular flexibility index (Phi) is 5.92. The maximum Gasteiger partial charge on any atom is 0.322 e. The van der Waals surface area contributed by atoms with Crippen molar-refractivity contribution in [2.75, 3.05) is 7.11 Å². The molecule has 0 spiro atoms. The van der Waals surface area contributed by atoms with E-state index in [0.717, 1.165) is 32.1 Å². The van der Waals surface area contributed by atoms with Crippen molar-refractivity contribution >= 4 is 5.97 Å². The molecule has 0 aliphatic heterocycles. The first kappa shape index (κ1) is 14.5. The Morgan fingerprint density at radius 3 is 2.59 bits per heavy atom. The summed E-state index contributed by atoms with van der Waals surface area (Å²) in [6.45, 7) is 4.16. The number of carbonyl (C=O) groups is 1. The summed E-state index contributed by atoms with van der Waals surface area (Å²) >= 11 is 0. The summed E-state index contributed by atoms with van der Waals surface area (Å²) in [6, 6.07) is -0.260. The minimum absolute atomic E-state index is 0.0339. The molecule has 0 heterocycles. The number of aliphatic hydroxyl groups excluding tert-OH is 1. The first-order valence-corrected chi connectivity index (χ1v) is 6.56. The van der Waals surface area contributed by atoms with Gasteiger partial charge in [-0.05, 0) is 25.2 Å². The van der Waals surface area contributed by atoms with Gasteiger partial charge in [0.05, 0.1) is 13.2 Å². The Morgan fingerprint density at radius 2 is 2.06 bits per heavy atom. The van der Waals surface area contributed by atoms with Crippen molar-refractivity contribution in [2.45, 2.75) is 64.1 Å². The Morgan fingerprint density at radius 1 is 1.41 bits per heavy atom. The van der Waals surface area contributed by atoms with Crippen LogP contribution in [0, 0.1) is 5.92 Å². The second-order valence-electron chi connectivity index (χ2n) is 5.33. The lowest BCUT2D eigenvalue weighted by Gasteiger charge is -2.31. The first-order chi connectivity index (χ1) is 8.04. The third-order valence-corrected chi connectivity index (χ3v) is 3.34. The zero-order chi connectivity index (χ0) is 12.8. The lowest BCUT2D eigenvalue weighted by atomic mass is 9.91. The molecule has 4 heteroatoms. The quantitative estimate of drug-likeness (QED) is 0.718. The van der Waals surface area contributed by atoms with E-state index in [1.165, 1.54) is 7.11 Å². The Labute approximate surface area is 104 Å². The van der Waals surface area contributed by atoms with Crippen LogP contribution in [-0.2, 0) is 9.53 Å². The maximum absolute atomic E-state index is 11.7. The third-order valence-electron chi connectivity index (χ3n) is 3.34. The summed E-state index contributed by atoms with van der Waals surface area (Å²) in [4.78, 5) is 11.7. The summed E-state index contributed by atoms with van der Waals surface area (Å²) in [5, 5.41) is 13.2. The van der Waals surface area contributed by atoms with Crippen molar-refractivity contribution in [1.29, 1.82) is 0 Å². The second-order valence-corrected chi connectivity index (χ2v) is 5.33. The molecule has 17 heavy (non-hydrogen) atoms. The lowest BCUT2D eigenvalue weighted by Crippen LogP contribution is -2.50. The van der Waals surface area contributed by atoms with Crippen molar-refractivity contribution in [2.24, 2.45) is 5.92 Å². The lowest BCUT2D eigenvalue weighted by molar-refractivity contribution is -0.144. The van der Waals surface area contributed by atoms with Gasteiger partial charge in [-0.25, -0.2) is 0 Å². The molecular weight excluding hydrogens is 218 g/mol. The van der Waals surface area contributed by atoms with Gasteiger partial charge in [0, 0.05) is 6.04 Å². The number of aliphatic hydroxyl groups is 1. The first-order valence-electron chi connectivity index (χ1n) is 6.56. The molecule has 0 aromatic carbocycles. The molecule has 2 N–H and O–H groups in total. The number of ether oxygens (including phenoxy) is 1. The van der Waals surface area contributed by atoms with E-state index in [4.69, 9.17) is 4.74 Å². The molecule has 0 bridgehead atoms. The minimum atomic E-state index is -0.330. The van der Waals surface area contributed by atoms with Crippen LogP contribution in [0.1, 0.15) is 46.0 Å². The minimum Gasteiger partial charge on any atom is -0.468 e. The number of hydrogen-bond acceptors (Lipinski definition) is 4. The van der Waals surface area contributed by atoms with Crippen molar-refractivity contribution in [1.82, 2.24) is 5.32 Å². The third kappa shape index (κ3) is 4.64. The van der Waals surface area contributed by atoms with Gasteiger partial charge in [-0.15, -0.1) is 0 Å². The number of carbonyl (C=O) groups excluding carboxylic acids is 1. The van der Waals surface area contributed by atoms with Crippen LogP contribution in [0.3, 0.4) is 0 Å². The Hall–Kier alpha value is -0.610. The fraction of sp³-hybridized carbons (Fsp3) is 0.923. The SMILES string of the molecule is COC(=O)C(CC(C)C)N[C@H]1CCCC[C@@H]1O. The highest BCUT2D eigenvalue weighted by Gasteiger charge is 2.29. The molecule has 1 fully saturated rings. The van der Waals surface area contributed by atoms with Gasteiger partial charge in [0.15, 0.2) is 0 Å². The van der Waals surface area contributed by atoms with Crippen LogP contribution in [0.15, 0.2) is 0 Å². The van der Waals surface area contributed by atoms with Crippen LogP contribution >= 0.6 is 0 Å². The zero-order valence-electron chi connectivity index (χ0n) is 11.1. The Bertz CT molecular complexity index is 243. The highest BCUT2D eigenvalue weighted by atomic mass is 16.5. The monoisotopic (exact) mass is 243 g/mol. The van der Waals surface area contributed by atoms with Crippen LogP contribution in [0.25, 0.3) is 0 Å². The molecule has 100 valence electrons. The van der Waals surface area contributed by atoms with Crippen molar-refractivity contribution < 1.29 is 14.6 Å². The molecule has 0 saturated heterocycles. The van der Waals surface area contributed by atoms with Crippen molar-refractivity contribution in [3.8, 4) is 0 Å². The topological polar surface area (TPSA) is 58.6 Å². The molecule has 3 atom stereocenters. The largest absolute Gasteiger partial charge is 0.468 e. The molecule has 0 aromatic heterocycles. The number of hydrogen-bond donors (Lipinski definition) is 2. The average Bonchev–Trinajstić information content (AvgIpc) is 2.29. The van der Waals surface area contributed by atoms with Crippen molar-refractivity contribution in [3.05, 3.63) is 0 Å². The Balaban J connectivity index is 2.54. The molecule has 0 radical (unpaired) electrons. The molecule has 0 aromatic rings. The number of methoxy groups -OCH3 is 1. The standard InChI is InChI=1S/C13H25NO3/c1-9(2)8-11(13(16)17-3)14-10-6-4-5-7-12(10)15/h9-12,14-15H,4-8H2,1-3H3/t10-,11?,12-/m0/s1. The predicted molar refractivity (Wildman–Crippen MR) is 66.7 cm³/mol. The van der Waals surface area contributed by atoms with E-state index in [-0.39, 0.29) is 24.2 Å². The fourth-order valence-electron chi connectivity index (χ4n) is 2.41. The van der Waals surface area contributed by atoms with E-state index in [1.807, 2.05) is 0 Å². The van der Waals surface area contributed by atoms with Crippen LogP contribution in [0.4, 0.5) is 0 Å². The molecule has 1 aliphatic carbocycles. The van der Waals surface area contributed by atoms with E-state index in [0.29, 0.717) is 5.92 Å². The van der Waals surface area contributed by atoms with E-state index < -0.39 is 0 Å². The normalized spacial score (nSPS) is 26.9. The zero-order valence-corrected chi connectivity index (χ0v) is 11.1. The van der Waals surface area contributed by atoms with Crippen LogP contribution in [-0.4, -0.2) is 36.4 Å². The van der Waals surface area contributed by atoms with Crippen LogP contribution in [0.5, 0.6) is 0 Å². The summed E-state index contributed by atoms with van der Waals surface area (Å²) in [6.07, 6.45) is 4.37. The van der Waals surface area contributed by atoms with E-state index >= 15 is 0 Å². The van der Waals surface area contributed by atoms with Crippen molar-refractivity contribution in [3.63, 3.8) is 0 Å². The summed E-state index contributed by atoms with van der Waals surface area (Å²) in [5.41, 5.74) is 0. The van der Waals surface area contributed by atoms with E-state index in [9.17, 15) is 9.90 Å². The van der Waals surface area contributed by atoms with Gasteiger partial charge in [0.25, 0.3) is 0 Å².